The van der Waals surface area contributed by atoms with Crippen LogP contribution in [0.4, 0.5) is 0 Å². The Morgan fingerprint density at radius 1 is 1.30 bits per heavy atom. The number of hydrogen-bond acceptors (Lipinski definition) is 2. The summed E-state index contributed by atoms with van der Waals surface area (Å²) in [5, 5.41) is 6.96. The summed E-state index contributed by atoms with van der Waals surface area (Å²) in [7, 11) is 1.67. The van der Waals surface area contributed by atoms with E-state index in [0.717, 1.165) is 17.9 Å². The van der Waals surface area contributed by atoms with E-state index >= 15 is 0 Å². The maximum atomic E-state index is 11.8. The molecule has 1 amide bonds. The van der Waals surface area contributed by atoms with Gasteiger partial charge < -0.3 is 10.6 Å². The number of benzene rings is 1. The van der Waals surface area contributed by atoms with Crippen LogP contribution in [0.1, 0.15) is 45.2 Å². The lowest BCUT2D eigenvalue weighted by Crippen LogP contribution is -2.43. The van der Waals surface area contributed by atoms with Gasteiger partial charge in [0.2, 0.25) is 5.91 Å². The maximum Gasteiger partial charge on any atom is 0.226 e. The molecule has 0 spiro atoms. The summed E-state index contributed by atoms with van der Waals surface area (Å²) in [4.78, 5) is 11.8. The fraction of sp³-hybridized carbons (Fsp3) is 0.562. The third-order valence-corrected chi connectivity index (χ3v) is 3.73. The molecule has 1 unspecified atom stereocenters. The van der Waals surface area contributed by atoms with Gasteiger partial charge in [-0.3, -0.25) is 4.79 Å². The van der Waals surface area contributed by atoms with E-state index in [1.165, 1.54) is 5.56 Å². The highest BCUT2D eigenvalue weighted by Crippen LogP contribution is 2.23. The van der Waals surface area contributed by atoms with Crippen molar-refractivity contribution >= 4 is 17.5 Å². The van der Waals surface area contributed by atoms with Crippen molar-refractivity contribution in [2.75, 3.05) is 13.6 Å². The van der Waals surface area contributed by atoms with Gasteiger partial charge in [-0.05, 0) is 38.0 Å². The van der Waals surface area contributed by atoms with Crippen LogP contribution in [-0.2, 0) is 4.79 Å². The van der Waals surface area contributed by atoms with E-state index < -0.39 is 5.41 Å². The number of rotatable bonds is 7. The first-order chi connectivity index (χ1) is 9.40. The van der Waals surface area contributed by atoms with Gasteiger partial charge in [-0.25, -0.2) is 0 Å². The molecule has 0 radical (unpaired) electrons. The van der Waals surface area contributed by atoms with Crippen molar-refractivity contribution < 1.29 is 4.79 Å². The number of hydrogen-bond donors (Lipinski definition) is 2. The summed E-state index contributed by atoms with van der Waals surface area (Å²) in [5.41, 5.74) is 0.789. The number of carbonyl (C=O) groups is 1. The smallest absolute Gasteiger partial charge is 0.226 e. The monoisotopic (exact) mass is 296 g/mol. The minimum Gasteiger partial charge on any atom is -0.359 e. The molecule has 1 aromatic rings. The van der Waals surface area contributed by atoms with Crippen molar-refractivity contribution in [2.45, 2.75) is 39.7 Å². The number of amides is 1. The van der Waals surface area contributed by atoms with E-state index in [9.17, 15) is 4.79 Å². The van der Waals surface area contributed by atoms with Gasteiger partial charge in [0, 0.05) is 24.7 Å². The van der Waals surface area contributed by atoms with E-state index in [4.69, 9.17) is 11.6 Å². The fourth-order valence-electron chi connectivity index (χ4n) is 2.17. The summed E-state index contributed by atoms with van der Waals surface area (Å²) in [6.45, 7) is 6.70. The molecular weight excluding hydrogens is 272 g/mol. The molecule has 0 saturated carbocycles. The largest absolute Gasteiger partial charge is 0.359 e. The summed E-state index contributed by atoms with van der Waals surface area (Å²) in [5.74, 6) is 0.0522. The van der Waals surface area contributed by atoms with E-state index in [0.29, 0.717) is 6.54 Å². The van der Waals surface area contributed by atoms with E-state index in [1.54, 1.807) is 7.05 Å². The first-order valence-corrected chi connectivity index (χ1v) is 7.49. The zero-order valence-corrected chi connectivity index (χ0v) is 13.6. The second-order valence-corrected chi connectivity index (χ2v) is 6.17. The normalized spacial score (nSPS) is 13.1. The molecule has 0 aliphatic carbocycles. The first kappa shape index (κ1) is 17.0. The lowest BCUT2D eigenvalue weighted by Gasteiger charge is -2.27. The Kier molecular flexibility index (Phi) is 6.50. The SMILES string of the molecule is CCCC(NCC(C)(C)C(=O)NC)c1ccc(Cl)cc1. The topological polar surface area (TPSA) is 41.1 Å². The van der Waals surface area contributed by atoms with Crippen molar-refractivity contribution in [3.63, 3.8) is 0 Å². The van der Waals surface area contributed by atoms with E-state index in [-0.39, 0.29) is 11.9 Å². The second-order valence-electron chi connectivity index (χ2n) is 5.74. The molecule has 112 valence electrons. The standard InChI is InChI=1S/C16H25ClN2O/c1-5-6-14(12-7-9-13(17)10-8-12)19-11-16(2,3)15(20)18-4/h7-10,14,19H,5-6,11H2,1-4H3,(H,18,20). The minimum atomic E-state index is -0.423. The Labute approximate surface area is 127 Å². The minimum absolute atomic E-state index is 0.0522. The van der Waals surface area contributed by atoms with Gasteiger partial charge in [-0.1, -0.05) is 37.1 Å². The quantitative estimate of drug-likeness (QED) is 0.808. The van der Waals surface area contributed by atoms with Crippen molar-refractivity contribution in [1.29, 1.82) is 0 Å². The summed E-state index contributed by atoms with van der Waals surface area (Å²) < 4.78 is 0. The van der Waals surface area contributed by atoms with Crippen molar-refractivity contribution in [2.24, 2.45) is 5.41 Å². The van der Waals surface area contributed by atoms with Crippen LogP contribution in [0.2, 0.25) is 5.02 Å². The average molecular weight is 297 g/mol. The highest BCUT2D eigenvalue weighted by Gasteiger charge is 2.27. The first-order valence-electron chi connectivity index (χ1n) is 7.11. The van der Waals surface area contributed by atoms with Crippen LogP contribution in [0.5, 0.6) is 0 Å². The predicted octanol–water partition coefficient (Wildman–Crippen LogP) is 3.54. The highest BCUT2D eigenvalue weighted by molar-refractivity contribution is 6.30. The molecule has 0 heterocycles. The lowest BCUT2D eigenvalue weighted by atomic mass is 9.91. The summed E-state index contributed by atoms with van der Waals surface area (Å²) >= 11 is 5.93. The molecule has 0 aliphatic rings. The van der Waals surface area contributed by atoms with Crippen LogP contribution >= 0.6 is 11.6 Å². The molecule has 0 bridgehead atoms. The molecule has 20 heavy (non-hydrogen) atoms. The molecule has 0 aliphatic heterocycles. The van der Waals surface area contributed by atoms with Gasteiger partial charge in [0.25, 0.3) is 0 Å². The molecule has 1 rings (SSSR count). The Bertz CT molecular complexity index is 429. The van der Waals surface area contributed by atoms with Crippen LogP contribution in [-0.4, -0.2) is 19.5 Å². The molecule has 4 heteroatoms. The predicted molar refractivity (Wildman–Crippen MR) is 85.0 cm³/mol. The molecule has 0 fully saturated rings. The number of nitrogens with one attached hydrogen (secondary N) is 2. The molecule has 0 aromatic heterocycles. The third-order valence-electron chi connectivity index (χ3n) is 3.48. The second kappa shape index (κ2) is 7.65. The third kappa shape index (κ3) is 4.80. The average Bonchev–Trinajstić information content (AvgIpc) is 2.43. The fourth-order valence-corrected chi connectivity index (χ4v) is 2.29. The molecule has 0 saturated heterocycles. The highest BCUT2D eigenvalue weighted by atomic mass is 35.5. The van der Waals surface area contributed by atoms with Gasteiger partial charge in [0.1, 0.15) is 0 Å². The van der Waals surface area contributed by atoms with Gasteiger partial charge in [0.15, 0.2) is 0 Å². The van der Waals surface area contributed by atoms with Crippen LogP contribution in [0, 0.1) is 5.41 Å². The van der Waals surface area contributed by atoms with Gasteiger partial charge in [-0.15, -0.1) is 0 Å². The van der Waals surface area contributed by atoms with Crippen LogP contribution in [0.25, 0.3) is 0 Å². The zero-order chi connectivity index (χ0) is 15.2. The van der Waals surface area contributed by atoms with Crippen molar-refractivity contribution in [3.05, 3.63) is 34.9 Å². The summed E-state index contributed by atoms with van der Waals surface area (Å²) in [6, 6.07) is 8.16. The van der Waals surface area contributed by atoms with Crippen LogP contribution in [0.3, 0.4) is 0 Å². The molecule has 1 aromatic carbocycles. The van der Waals surface area contributed by atoms with Crippen molar-refractivity contribution in [3.8, 4) is 0 Å². The van der Waals surface area contributed by atoms with E-state index in [2.05, 4.69) is 17.6 Å². The van der Waals surface area contributed by atoms with Gasteiger partial charge >= 0.3 is 0 Å². The van der Waals surface area contributed by atoms with Crippen molar-refractivity contribution in [1.82, 2.24) is 10.6 Å². The van der Waals surface area contributed by atoms with Gasteiger partial charge in [-0.2, -0.15) is 0 Å². The lowest BCUT2D eigenvalue weighted by molar-refractivity contribution is -0.128. The van der Waals surface area contributed by atoms with Gasteiger partial charge in [0.05, 0.1) is 5.41 Å². The Balaban J connectivity index is 2.73. The maximum absolute atomic E-state index is 11.8. The number of halogens is 1. The Morgan fingerprint density at radius 3 is 2.40 bits per heavy atom. The van der Waals surface area contributed by atoms with Crippen LogP contribution < -0.4 is 10.6 Å². The molecular formula is C16H25ClN2O. The van der Waals surface area contributed by atoms with Crippen LogP contribution in [0.15, 0.2) is 24.3 Å². The van der Waals surface area contributed by atoms with E-state index in [1.807, 2.05) is 38.1 Å². The molecule has 1 atom stereocenters. The molecule has 3 nitrogen and oxygen atoms in total. The Hall–Kier alpha value is -1.06. The molecule has 2 N–H and O–H groups in total. The number of carbonyl (C=O) groups excluding carboxylic acids is 1. The zero-order valence-electron chi connectivity index (χ0n) is 12.8. The summed E-state index contributed by atoms with van der Waals surface area (Å²) in [6.07, 6.45) is 2.12. The Morgan fingerprint density at radius 2 is 1.90 bits per heavy atom.